The molecule has 0 spiro atoms. The van der Waals surface area contributed by atoms with Crippen molar-refractivity contribution in [2.24, 2.45) is 0 Å². The van der Waals surface area contributed by atoms with Crippen molar-refractivity contribution < 1.29 is 23.8 Å². The molecule has 2 amide bonds. The fraction of sp³-hybridized carbons (Fsp3) is 0.231. The van der Waals surface area contributed by atoms with Crippen LogP contribution in [0.4, 0.5) is 4.39 Å². The minimum atomic E-state index is -0.851. The van der Waals surface area contributed by atoms with E-state index in [-0.39, 0.29) is 50.4 Å². The highest BCUT2D eigenvalue weighted by Crippen LogP contribution is 2.16. The lowest BCUT2D eigenvalue weighted by Gasteiger charge is -2.31. The summed E-state index contributed by atoms with van der Waals surface area (Å²) in [7, 11) is 0. The zero-order valence-corrected chi connectivity index (χ0v) is 18.2. The van der Waals surface area contributed by atoms with E-state index in [4.69, 9.17) is 9.84 Å². The van der Waals surface area contributed by atoms with Crippen molar-refractivity contribution in [3.63, 3.8) is 0 Å². The second-order valence-electron chi connectivity index (χ2n) is 7.47. The topological polar surface area (TPSA) is 78.9 Å². The van der Waals surface area contributed by atoms with Crippen LogP contribution >= 0.6 is 0 Å². The summed E-state index contributed by atoms with van der Waals surface area (Å²) >= 11 is 0. The van der Waals surface area contributed by atoms with Gasteiger partial charge in [-0.3, -0.25) is 9.59 Å². The van der Waals surface area contributed by atoms with E-state index < -0.39 is 6.04 Å². The number of rotatable bonds is 11. The van der Waals surface area contributed by atoms with Gasteiger partial charge >= 0.3 is 0 Å². The minimum absolute atomic E-state index is 0.0726. The van der Waals surface area contributed by atoms with Crippen molar-refractivity contribution in [3.05, 3.63) is 102 Å². The number of amides is 2. The number of aliphatic hydroxyl groups excluding tert-OH is 1. The molecular weight excluding hydrogens is 423 g/mol. The molecule has 0 heterocycles. The molecule has 3 rings (SSSR count). The molecule has 0 aliphatic carbocycles. The Morgan fingerprint density at radius 1 is 0.909 bits per heavy atom. The number of hydrogen-bond donors (Lipinski definition) is 2. The number of carbonyl (C=O) groups excluding carboxylic acids is 2. The Morgan fingerprint density at radius 3 is 2.18 bits per heavy atom. The summed E-state index contributed by atoms with van der Waals surface area (Å²) < 4.78 is 19.1. The molecule has 33 heavy (non-hydrogen) atoms. The predicted molar refractivity (Wildman–Crippen MR) is 123 cm³/mol. The van der Waals surface area contributed by atoms with Crippen LogP contribution in [0.2, 0.25) is 0 Å². The van der Waals surface area contributed by atoms with Gasteiger partial charge in [-0.05, 0) is 35.4 Å². The Bertz CT molecular complexity index is 1010. The van der Waals surface area contributed by atoms with Crippen molar-refractivity contribution >= 4 is 11.8 Å². The standard InChI is InChI=1S/C26H27FN2O4/c27-22-13-11-21(12-14-22)18-29(25(31)19-33-23-9-5-2-6-10-23)24(26(32)28-15-16-30)17-20-7-3-1-4-8-20/h1-14,24,30H,15-19H2,(H,28,32)/t24-/m0/s1. The smallest absolute Gasteiger partial charge is 0.261 e. The molecule has 2 N–H and O–H groups in total. The summed E-state index contributed by atoms with van der Waals surface area (Å²) in [6.45, 7) is -0.304. The SMILES string of the molecule is O=C(NCCO)[C@H](Cc1ccccc1)N(Cc1ccc(F)cc1)C(=O)COc1ccccc1. The second-order valence-corrected chi connectivity index (χ2v) is 7.47. The van der Waals surface area contributed by atoms with Gasteiger partial charge in [0, 0.05) is 19.5 Å². The molecule has 0 bridgehead atoms. The maximum absolute atomic E-state index is 13.4. The van der Waals surface area contributed by atoms with Crippen LogP contribution in [-0.4, -0.2) is 47.6 Å². The number of ether oxygens (including phenoxy) is 1. The number of para-hydroxylation sites is 1. The van der Waals surface area contributed by atoms with Gasteiger partial charge < -0.3 is 20.1 Å². The van der Waals surface area contributed by atoms with E-state index in [0.29, 0.717) is 11.3 Å². The van der Waals surface area contributed by atoms with E-state index in [1.807, 2.05) is 36.4 Å². The molecule has 0 saturated carbocycles. The monoisotopic (exact) mass is 450 g/mol. The van der Waals surface area contributed by atoms with Gasteiger partial charge in [-0.25, -0.2) is 4.39 Å². The minimum Gasteiger partial charge on any atom is -0.484 e. The summed E-state index contributed by atoms with van der Waals surface area (Å²) in [6, 6.07) is 23.2. The highest BCUT2D eigenvalue weighted by molar-refractivity contribution is 5.88. The zero-order chi connectivity index (χ0) is 23.5. The average Bonchev–Trinajstić information content (AvgIpc) is 2.85. The van der Waals surface area contributed by atoms with Gasteiger partial charge in [0.1, 0.15) is 17.6 Å². The number of halogens is 1. The van der Waals surface area contributed by atoms with Crippen LogP contribution in [0.15, 0.2) is 84.9 Å². The van der Waals surface area contributed by atoms with Gasteiger partial charge in [0.2, 0.25) is 5.91 Å². The molecule has 6 nitrogen and oxygen atoms in total. The molecule has 0 fully saturated rings. The summed E-state index contributed by atoms with van der Waals surface area (Å²) in [5, 5.41) is 11.8. The van der Waals surface area contributed by atoms with Crippen molar-refractivity contribution in [2.75, 3.05) is 19.8 Å². The quantitative estimate of drug-likeness (QED) is 0.471. The molecule has 0 aliphatic rings. The first kappa shape index (κ1) is 23.9. The van der Waals surface area contributed by atoms with Gasteiger partial charge in [-0.2, -0.15) is 0 Å². The Labute approximate surface area is 192 Å². The first-order valence-corrected chi connectivity index (χ1v) is 10.7. The molecule has 0 aromatic heterocycles. The van der Waals surface area contributed by atoms with Gasteiger partial charge in [-0.15, -0.1) is 0 Å². The largest absolute Gasteiger partial charge is 0.484 e. The third-order valence-electron chi connectivity index (χ3n) is 5.05. The first-order valence-electron chi connectivity index (χ1n) is 10.7. The Kier molecular flexibility index (Phi) is 8.97. The molecule has 0 saturated heterocycles. The number of nitrogens with one attached hydrogen (secondary N) is 1. The van der Waals surface area contributed by atoms with Crippen LogP contribution in [-0.2, 0) is 22.6 Å². The third-order valence-corrected chi connectivity index (χ3v) is 5.05. The number of benzene rings is 3. The molecule has 0 radical (unpaired) electrons. The zero-order valence-electron chi connectivity index (χ0n) is 18.2. The van der Waals surface area contributed by atoms with E-state index in [9.17, 15) is 14.0 Å². The fourth-order valence-corrected chi connectivity index (χ4v) is 3.38. The van der Waals surface area contributed by atoms with E-state index >= 15 is 0 Å². The molecule has 3 aromatic rings. The maximum atomic E-state index is 13.4. The van der Waals surface area contributed by atoms with Crippen molar-refractivity contribution in [1.82, 2.24) is 10.2 Å². The van der Waals surface area contributed by atoms with Gasteiger partial charge in [0.15, 0.2) is 6.61 Å². The lowest BCUT2D eigenvalue weighted by Crippen LogP contribution is -2.52. The van der Waals surface area contributed by atoms with Crippen LogP contribution in [0, 0.1) is 5.82 Å². The fourth-order valence-electron chi connectivity index (χ4n) is 3.38. The van der Waals surface area contributed by atoms with Crippen LogP contribution < -0.4 is 10.1 Å². The Balaban J connectivity index is 1.87. The molecule has 0 unspecified atom stereocenters. The van der Waals surface area contributed by atoms with Crippen molar-refractivity contribution in [3.8, 4) is 5.75 Å². The summed E-state index contributed by atoms with van der Waals surface area (Å²) in [5.41, 5.74) is 1.56. The lowest BCUT2D eigenvalue weighted by atomic mass is 10.0. The maximum Gasteiger partial charge on any atom is 0.261 e. The van der Waals surface area contributed by atoms with Crippen LogP contribution in [0.5, 0.6) is 5.75 Å². The molecule has 172 valence electrons. The predicted octanol–water partition coefficient (Wildman–Crippen LogP) is 2.95. The molecule has 7 heteroatoms. The summed E-state index contributed by atoms with van der Waals surface area (Å²) in [6.07, 6.45) is 0.274. The second kappa shape index (κ2) is 12.4. The summed E-state index contributed by atoms with van der Waals surface area (Å²) in [5.74, 6) is -0.617. The first-order chi connectivity index (χ1) is 16.1. The van der Waals surface area contributed by atoms with E-state index in [1.165, 1.54) is 17.0 Å². The van der Waals surface area contributed by atoms with Crippen LogP contribution in [0.3, 0.4) is 0 Å². The van der Waals surface area contributed by atoms with E-state index in [0.717, 1.165) is 5.56 Å². The van der Waals surface area contributed by atoms with E-state index in [2.05, 4.69) is 5.32 Å². The molecular formula is C26H27FN2O4. The number of aliphatic hydroxyl groups is 1. The van der Waals surface area contributed by atoms with Crippen LogP contribution in [0.25, 0.3) is 0 Å². The van der Waals surface area contributed by atoms with Crippen LogP contribution in [0.1, 0.15) is 11.1 Å². The number of carbonyl (C=O) groups is 2. The Morgan fingerprint density at radius 2 is 1.55 bits per heavy atom. The van der Waals surface area contributed by atoms with Crippen molar-refractivity contribution in [1.29, 1.82) is 0 Å². The third kappa shape index (κ3) is 7.43. The molecule has 1 atom stereocenters. The van der Waals surface area contributed by atoms with E-state index in [1.54, 1.807) is 36.4 Å². The Hall–Kier alpha value is -3.71. The van der Waals surface area contributed by atoms with Gasteiger partial charge in [0.25, 0.3) is 5.91 Å². The van der Waals surface area contributed by atoms with Gasteiger partial charge in [-0.1, -0.05) is 60.7 Å². The van der Waals surface area contributed by atoms with Crippen molar-refractivity contribution in [2.45, 2.75) is 19.0 Å². The van der Waals surface area contributed by atoms with Gasteiger partial charge in [0.05, 0.1) is 6.61 Å². The summed E-state index contributed by atoms with van der Waals surface area (Å²) in [4.78, 5) is 27.8. The molecule has 3 aromatic carbocycles. The molecule has 0 aliphatic heterocycles. The lowest BCUT2D eigenvalue weighted by molar-refractivity contribution is -0.142. The number of hydrogen-bond acceptors (Lipinski definition) is 4. The average molecular weight is 451 g/mol. The number of nitrogens with zero attached hydrogens (tertiary/aromatic N) is 1. The highest BCUT2D eigenvalue weighted by Gasteiger charge is 2.30. The highest BCUT2D eigenvalue weighted by atomic mass is 19.1. The normalized spacial score (nSPS) is 11.5.